The molecule has 3 rings (SSSR count). The average molecular weight is 417 g/mol. The Hall–Kier alpha value is 0.850. The first-order chi connectivity index (χ1) is 12.3. The Balaban J connectivity index is 1.53. The third-order valence-electron chi connectivity index (χ3n) is 7.75. The Kier molecular flexibility index (Phi) is 7.56. The second kappa shape index (κ2) is 9.11. The van der Waals surface area contributed by atoms with E-state index >= 15 is 0 Å². The van der Waals surface area contributed by atoms with Gasteiger partial charge in [0.05, 0.1) is 0 Å². The molecular weight excluding hydrogens is 376 g/mol. The molecule has 0 spiro atoms. The fourth-order valence-electron chi connectivity index (χ4n) is 5.25. The van der Waals surface area contributed by atoms with Crippen LogP contribution in [0, 0.1) is 40.9 Å². The van der Waals surface area contributed by atoms with E-state index in [1.165, 1.54) is 42.9 Å². The van der Waals surface area contributed by atoms with E-state index in [-0.39, 0.29) is 0 Å². The van der Waals surface area contributed by atoms with Crippen molar-refractivity contribution >= 4 is 34.3 Å². The highest BCUT2D eigenvalue weighted by Crippen LogP contribution is 2.49. The Morgan fingerprint density at radius 1 is 1.08 bits per heavy atom. The predicted molar refractivity (Wildman–Crippen MR) is 122 cm³/mol. The molecule has 0 aromatic rings. The normalized spacial score (nSPS) is 40.2. The lowest BCUT2D eigenvalue weighted by Gasteiger charge is -2.48. The molecule has 0 amide bonds. The van der Waals surface area contributed by atoms with E-state index in [9.17, 15) is 4.21 Å². The van der Waals surface area contributed by atoms with Gasteiger partial charge in [-0.05, 0) is 83.9 Å². The smallest absolute Gasteiger partial charge is 0.0277 e. The van der Waals surface area contributed by atoms with E-state index in [2.05, 4.69) is 58.1 Å². The van der Waals surface area contributed by atoms with Crippen LogP contribution in [0.2, 0.25) is 0 Å². The van der Waals surface area contributed by atoms with Crippen LogP contribution >= 0.6 is 23.5 Å². The Bertz CT molecular complexity index is 482. The van der Waals surface area contributed by atoms with Crippen LogP contribution < -0.4 is 0 Å². The molecule has 5 atom stereocenters. The first-order valence-corrected chi connectivity index (χ1v) is 14.5. The molecule has 152 valence electrons. The molecule has 5 unspecified atom stereocenters. The summed E-state index contributed by atoms with van der Waals surface area (Å²) in [6.45, 7) is 12.3. The van der Waals surface area contributed by atoms with Crippen LogP contribution in [0.15, 0.2) is 0 Å². The molecule has 4 heteroatoms. The standard InChI is InChI=1S/C22H40OS3/c1-15(2)19-9-17(11-24-12-19)8-16(3)18-6-7-25-21(10-18)22(4,5)20-13-26(23)14-20/h15-21H,6-14H2,1-5H3. The molecule has 0 aromatic carbocycles. The lowest BCUT2D eigenvalue weighted by Crippen LogP contribution is -2.48. The van der Waals surface area contributed by atoms with Crippen molar-refractivity contribution in [2.75, 3.05) is 28.8 Å². The second-order valence-corrected chi connectivity index (χ2v) is 14.2. The highest BCUT2D eigenvalue weighted by molar-refractivity contribution is 8.00. The van der Waals surface area contributed by atoms with E-state index < -0.39 is 10.8 Å². The van der Waals surface area contributed by atoms with Crippen molar-refractivity contribution in [1.82, 2.24) is 0 Å². The summed E-state index contributed by atoms with van der Waals surface area (Å²) in [5, 5.41) is 0.773. The second-order valence-electron chi connectivity index (χ2n) is 10.3. The van der Waals surface area contributed by atoms with Crippen molar-refractivity contribution in [3.05, 3.63) is 0 Å². The van der Waals surface area contributed by atoms with Gasteiger partial charge in [-0.1, -0.05) is 34.6 Å². The zero-order valence-corrected chi connectivity index (χ0v) is 20.0. The number of hydrogen-bond acceptors (Lipinski definition) is 3. The van der Waals surface area contributed by atoms with E-state index in [4.69, 9.17) is 0 Å². The van der Waals surface area contributed by atoms with Crippen molar-refractivity contribution < 1.29 is 4.21 Å². The minimum absolute atomic E-state index is 0.362. The van der Waals surface area contributed by atoms with Gasteiger partial charge in [-0.25, -0.2) is 0 Å². The summed E-state index contributed by atoms with van der Waals surface area (Å²) in [4.78, 5) is 0. The van der Waals surface area contributed by atoms with Crippen LogP contribution in [0.4, 0.5) is 0 Å². The summed E-state index contributed by atoms with van der Waals surface area (Å²) in [5.41, 5.74) is 0.362. The lowest BCUT2D eigenvalue weighted by atomic mass is 9.71. The Labute approximate surface area is 173 Å². The van der Waals surface area contributed by atoms with Gasteiger partial charge in [-0.2, -0.15) is 23.5 Å². The van der Waals surface area contributed by atoms with Crippen LogP contribution in [0.5, 0.6) is 0 Å². The van der Waals surface area contributed by atoms with Crippen molar-refractivity contribution in [3.8, 4) is 0 Å². The van der Waals surface area contributed by atoms with Crippen molar-refractivity contribution in [3.63, 3.8) is 0 Å². The zero-order valence-electron chi connectivity index (χ0n) is 17.5. The third-order valence-corrected chi connectivity index (χ3v) is 12.3. The number of hydrogen-bond donors (Lipinski definition) is 0. The van der Waals surface area contributed by atoms with Gasteiger partial charge in [-0.3, -0.25) is 4.21 Å². The van der Waals surface area contributed by atoms with Crippen molar-refractivity contribution in [2.24, 2.45) is 40.9 Å². The minimum atomic E-state index is -0.515. The summed E-state index contributed by atoms with van der Waals surface area (Å²) in [7, 11) is -0.515. The summed E-state index contributed by atoms with van der Waals surface area (Å²) >= 11 is 4.43. The fourth-order valence-corrected chi connectivity index (χ4v) is 10.2. The minimum Gasteiger partial charge on any atom is -0.260 e. The van der Waals surface area contributed by atoms with E-state index in [0.29, 0.717) is 11.3 Å². The SMILES string of the molecule is CC(C)C1CSCC(CC(C)C2CCSC(C(C)(C)C3CS(=O)C3)C2)C1. The molecule has 0 bridgehead atoms. The van der Waals surface area contributed by atoms with Crippen LogP contribution in [0.1, 0.15) is 60.3 Å². The van der Waals surface area contributed by atoms with Crippen LogP contribution in [-0.4, -0.2) is 38.2 Å². The Morgan fingerprint density at radius 3 is 2.46 bits per heavy atom. The maximum absolute atomic E-state index is 11.6. The molecule has 26 heavy (non-hydrogen) atoms. The van der Waals surface area contributed by atoms with Gasteiger partial charge in [0.25, 0.3) is 0 Å². The van der Waals surface area contributed by atoms with Gasteiger partial charge in [0.15, 0.2) is 0 Å². The van der Waals surface area contributed by atoms with Crippen LogP contribution in [-0.2, 0) is 10.8 Å². The summed E-state index contributed by atoms with van der Waals surface area (Å²) in [6, 6.07) is 0. The molecule has 0 aliphatic carbocycles. The van der Waals surface area contributed by atoms with Crippen LogP contribution in [0.3, 0.4) is 0 Å². The largest absolute Gasteiger partial charge is 0.260 e. The predicted octanol–water partition coefficient (Wildman–Crippen LogP) is 5.95. The Morgan fingerprint density at radius 2 is 1.81 bits per heavy atom. The molecule has 0 radical (unpaired) electrons. The van der Waals surface area contributed by atoms with E-state index in [0.717, 1.165) is 46.3 Å². The summed E-state index contributed by atoms with van der Waals surface area (Å²) in [5.74, 6) is 11.3. The number of rotatable bonds is 6. The van der Waals surface area contributed by atoms with Gasteiger partial charge in [0.1, 0.15) is 0 Å². The quantitative estimate of drug-likeness (QED) is 0.532. The highest BCUT2D eigenvalue weighted by atomic mass is 32.2. The zero-order chi connectivity index (χ0) is 18.9. The molecular formula is C22H40OS3. The summed E-state index contributed by atoms with van der Waals surface area (Å²) < 4.78 is 11.6. The average Bonchev–Trinajstić information content (AvgIpc) is 2.59. The summed E-state index contributed by atoms with van der Waals surface area (Å²) in [6.07, 6.45) is 5.74. The molecule has 1 nitrogen and oxygen atoms in total. The van der Waals surface area contributed by atoms with Gasteiger partial charge < -0.3 is 0 Å². The molecule has 0 aromatic heterocycles. The third kappa shape index (κ3) is 5.06. The fraction of sp³-hybridized carbons (Fsp3) is 1.00. The van der Waals surface area contributed by atoms with Crippen LogP contribution in [0.25, 0.3) is 0 Å². The molecule has 3 aliphatic rings. The van der Waals surface area contributed by atoms with Gasteiger partial charge in [-0.15, -0.1) is 0 Å². The van der Waals surface area contributed by atoms with E-state index in [1.807, 2.05) is 0 Å². The maximum atomic E-state index is 11.6. The number of thioether (sulfide) groups is 2. The lowest BCUT2D eigenvalue weighted by molar-refractivity contribution is 0.176. The maximum Gasteiger partial charge on any atom is 0.0277 e. The first kappa shape index (κ1) is 21.6. The van der Waals surface area contributed by atoms with E-state index in [1.54, 1.807) is 0 Å². The van der Waals surface area contributed by atoms with Gasteiger partial charge >= 0.3 is 0 Å². The molecule has 0 N–H and O–H groups in total. The van der Waals surface area contributed by atoms with Crippen molar-refractivity contribution in [1.29, 1.82) is 0 Å². The molecule has 0 saturated carbocycles. The first-order valence-electron chi connectivity index (χ1n) is 10.8. The highest BCUT2D eigenvalue weighted by Gasteiger charge is 2.45. The molecule has 3 aliphatic heterocycles. The van der Waals surface area contributed by atoms with Crippen molar-refractivity contribution in [2.45, 2.75) is 65.6 Å². The topological polar surface area (TPSA) is 17.1 Å². The molecule has 3 saturated heterocycles. The molecule has 3 heterocycles. The van der Waals surface area contributed by atoms with Gasteiger partial charge in [0, 0.05) is 27.6 Å². The monoisotopic (exact) mass is 416 g/mol. The molecule has 3 fully saturated rings. The van der Waals surface area contributed by atoms with Gasteiger partial charge in [0.2, 0.25) is 0 Å².